The number of amides is 2. The van der Waals surface area contributed by atoms with Gasteiger partial charge in [-0.2, -0.15) is 0 Å². The van der Waals surface area contributed by atoms with E-state index in [0.717, 1.165) is 23.4 Å². The van der Waals surface area contributed by atoms with Gasteiger partial charge in [0, 0.05) is 17.5 Å². The standard InChI is InChI=1S/C12H17N3O3S/c1-7-8(2)19-11(13-7)14-12(18)15-5-3-4-9(15)6-10(16)17/h9H,3-6H2,1-2H3,(H,16,17)(H,13,14,18). The summed E-state index contributed by atoms with van der Waals surface area (Å²) in [5, 5.41) is 12.2. The zero-order chi connectivity index (χ0) is 14.0. The lowest BCUT2D eigenvalue weighted by atomic mass is 10.1. The molecule has 2 rings (SSSR count). The summed E-state index contributed by atoms with van der Waals surface area (Å²) in [5.74, 6) is -0.870. The highest BCUT2D eigenvalue weighted by Crippen LogP contribution is 2.24. The van der Waals surface area contributed by atoms with Crippen molar-refractivity contribution in [2.45, 2.75) is 39.2 Å². The lowest BCUT2D eigenvalue weighted by Crippen LogP contribution is -2.39. The second-order valence-corrected chi connectivity index (χ2v) is 5.88. The van der Waals surface area contributed by atoms with Crippen molar-refractivity contribution in [1.29, 1.82) is 0 Å². The van der Waals surface area contributed by atoms with Crippen molar-refractivity contribution >= 4 is 28.5 Å². The van der Waals surface area contributed by atoms with Crippen molar-refractivity contribution in [3.05, 3.63) is 10.6 Å². The number of carboxylic acids is 1. The number of carbonyl (C=O) groups is 2. The number of anilines is 1. The molecule has 2 heterocycles. The summed E-state index contributed by atoms with van der Waals surface area (Å²) in [5.41, 5.74) is 0.906. The molecule has 0 radical (unpaired) electrons. The molecule has 1 aromatic heterocycles. The van der Waals surface area contributed by atoms with Gasteiger partial charge in [0.2, 0.25) is 0 Å². The minimum absolute atomic E-state index is 0.00332. The molecule has 1 fully saturated rings. The third kappa shape index (κ3) is 3.23. The second-order valence-electron chi connectivity index (χ2n) is 4.68. The highest BCUT2D eigenvalue weighted by Gasteiger charge is 2.30. The van der Waals surface area contributed by atoms with Gasteiger partial charge in [-0.15, -0.1) is 11.3 Å². The van der Waals surface area contributed by atoms with Crippen molar-refractivity contribution in [3.63, 3.8) is 0 Å². The number of aryl methyl sites for hydroxylation is 2. The Morgan fingerprint density at radius 1 is 1.53 bits per heavy atom. The first-order chi connectivity index (χ1) is 8.97. The van der Waals surface area contributed by atoms with Crippen LogP contribution in [0, 0.1) is 13.8 Å². The highest BCUT2D eigenvalue weighted by atomic mass is 32.1. The molecule has 19 heavy (non-hydrogen) atoms. The fourth-order valence-corrected chi connectivity index (χ4v) is 3.01. The van der Waals surface area contributed by atoms with Gasteiger partial charge < -0.3 is 10.0 Å². The zero-order valence-electron chi connectivity index (χ0n) is 11.0. The van der Waals surface area contributed by atoms with E-state index >= 15 is 0 Å². The Kier molecular flexibility index (Phi) is 4.04. The number of carbonyl (C=O) groups excluding carboxylic acids is 1. The third-order valence-electron chi connectivity index (χ3n) is 3.29. The van der Waals surface area contributed by atoms with Crippen LogP contribution >= 0.6 is 11.3 Å². The van der Waals surface area contributed by atoms with Gasteiger partial charge in [-0.05, 0) is 26.7 Å². The lowest BCUT2D eigenvalue weighted by Gasteiger charge is -2.23. The molecule has 1 aliphatic rings. The maximum atomic E-state index is 12.1. The van der Waals surface area contributed by atoms with E-state index in [1.54, 1.807) is 4.90 Å². The number of thiazole rings is 1. The van der Waals surface area contributed by atoms with Crippen LogP contribution in [0.2, 0.25) is 0 Å². The van der Waals surface area contributed by atoms with Crippen LogP contribution in [0.25, 0.3) is 0 Å². The summed E-state index contributed by atoms with van der Waals surface area (Å²) in [6, 6.07) is -0.461. The maximum absolute atomic E-state index is 12.1. The molecule has 1 aromatic rings. The molecule has 6 nitrogen and oxygen atoms in total. The van der Waals surface area contributed by atoms with Gasteiger partial charge in [-0.1, -0.05) is 0 Å². The van der Waals surface area contributed by atoms with Gasteiger partial charge >= 0.3 is 12.0 Å². The van der Waals surface area contributed by atoms with Crippen LogP contribution in [0.4, 0.5) is 9.93 Å². The first-order valence-corrected chi connectivity index (χ1v) is 7.02. The number of carboxylic acid groups (broad SMARTS) is 1. The molecule has 1 aliphatic heterocycles. The zero-order valence-corrected chi connectivity index (χ0v) is 11.8. The number of rotatable bonds is 3. The van der Waals surface area contributed by atoms with Crippen LogP contribution in [0.3, 0.4) is 0 Å². The number of likely N-dealkylation sites (tertiary alicyclic amines) is 1. The van der Waals surface area contributed by atoms with E-state index in [1.807, 2.05) is 13.8 Å². The van der Waals surface area contributed by atoms with E-state index in [2.05, 4.69) is 10.3 Å². The first kappa shape index (κ1) is 13.8. The Labute approximate surface area is 115 Å². The van der Waals surface area contributed by atoms with E-state index < -0.39 is 5.97 Å². The van der Waals surface area contributed by atoms with E-state index in [1.165, 1.54) is 11.3 Å². The van der Waals surface area contributed by atoms with Crippen LogP contribution in [-0.4, -0.2) is 39.6 Å². The predicted octanol–water partition coefficient (Wildman–Crippen LogP) is 2.23. The molecular weight excluding hydrogens is 266 g/mol. The van der Waals surface area contributed by atoms with Crippen LogP contribution in [0.15, 0.2) is 0 Å². The Bertz CT molecular complexity index is 481. The van der Waals surface area contributed by atoms with Crippen molar-refractivity contribution in [2.75, 3.05) is 11.9 Å². The number of urea groups is 1. The highest BCUT2D eigenvalue weighted by molar-refractivity contribution is 7.15. The summed E-state index contributed by atoms with van der Waals surface area (Å²) in [6.45, 7) is 4.45. The molecule has 1 unspecified atom stereocenters. The summed E-state index contributed by atoms with van der Waals surface area (Å²) >= 11 is 1.43. The fraction of sp³-hybridized carbons (Fsp3) is 0.583. The number of hydrogen-bond acceptors (Lipinski definition) is 4. The number of nitrogens with zero attached hydrogens (tertiary/aromatic N) is 2. The van der Waals surface area contributed by atoms with E-state index in [9.17, 15) is 9.59 Å². The molecule has 0 aromatic carbocycles. The fourth-order valence-electron chi connectivity index (χ4n) is 2.21. The van der Waals surface area contributed by atoms with Crippen LogP contribution in [0.1, 0.15) is 29.8 Å². The maximum Gasteiger partial charge on any atom is 0.323 e. The molecule has 0 spiro atoms. The average molecular weight is 283 g/mol. The van der Waals surface area contributed by atoms with Crippen LogP contribution in [-0.2, 0) is 4.79 Å². The largest absolute Gasteiger partial charge is 0.481 e. The molecular formula is C12H17N3O3S. The van der Waals surface area contributed by atoms with Gasteiger partial charge in [0.15, 0.2) is 5.13 Å². The molecule has 2 N–H and O–H groups in total. The number of hydrogen-bond donors (Lipinski definition) is 2. The monoisotopic (exact) mass is 283 g/mol. The topological polar surface area (TPSA) is 82.5 Å². The molecule has 0 aliphatic carbocycles. The Balaban J connectivity index is 2.00. The van der Waals surface area contributed by atoms with Crippen LogP contribution in [0.5, 0.6) is 0 Å². The number of aromatic nitrogens is 1. The lowest BCUT2D eigenvalue weighted by molar-refractivity contribution is -0.137. The number of aliphatic carboxylic acids is 1. The average Bonchev–Trinajstić information content (AvgIpc) is 2.86. The quantitative estimate of drug-likeness (QED) is 0.891. The molecule has 0 bridgehead atoms. The van der Waals surface area contributed by atoms with E-state index in [0.29, 0.717) is 11.7 Å². The van der Waals surface area contributed by atoms with Crippen molar-refractivity contribution in [1.82, 2.24) is 9.88 Å². The Morgan fingerprint density at radius 2 is 2.26 bits per heavy atom. The van der Waals surface area contributed by atoms with Gasteiger partial charge in [0.05, 0.1) is 12.1 Å². The Morgan fingerprint density at radius 3 is 2.84 bits per heavy atom. The van der Waals surface area contributed by atoms with Gasteiger partial charge in [0.1, 0.15) is 0 Å². The summed E-state index contributed by atoms with van der Waals surface area (Å²) in [6.07, 6.45) is 1.60. The molecule has 2 amide bonds. The van der Waals surface area contributed by atoms with Crippen molar-refractivity contribution < 1.29 is 14.7 Å². The number of nitrogens with one attached hydrogen (secondary N) is 1. The molecule has 0 saturated carbocycles. The minimum Gasteiger partial charge on any atom is -0.481 e. The Hall–Kier alpha value is -1.63. The molecule has 1 saturated heterocycles. The third-order valence-corrected chi connectivity index (χ3v) is 4.28. The second kappa shape index (κ2) is 5.56. The van der Waals surface area contributed by atoms with E-state index in [-0.39, 0.29) is 18.5 Å². The summed E-state index contributed by atoms with van der Waals surface area (Å²) in [7, 11) is 0. The van der Waals surface area contributed by atoms with Gasteiger partial charge in [-0.3, -0.25) is 10.1 Å². The summed E-state index contributed by atoms with van der Waals surface area (Å²) < 4.78 is 0. The minimum atomic E-state index is -0.870. The SMILES string of the molecule is Cc1nc(NC(=O)N2CCCC2CC(=O)O)sc1C. The normalized spacial score (nSPS) is 18.6. The van der Waals surface area contributed by atoms with Crippen molar-refractivity contribution in [3.8, 4) is 0 Å². The van der Waals surface area contributed by atoms with Crippen molar-refractivity contribution in [2.24, 2.45) is 0 Å². The molecule has 104 valence electrons. The van der Waals surface area contributed by atoms with Gasteiger partial charge in [-0.25, -0.2) is 9.78 Å². The molecule has 7 heteroatoms. The van der Waals surface area contributed by atoms with Gasteiger partial charge in [0.25, 0.3) is 0 Å². The van der Waals surface area contributed by atoms with Crippen LogP contribution < -0.4 is 5.32 Å². The summed E-state index contributed by atoms with van der Waals surface area (Å²) in [4.78, 5) is 29.8. The van der Waals surface area contributed by atoms with E-state index in [4.69, 9.17) is 5.11 Å². The first-order valence-electron chi connectivity index (χ1n) is 6.21. The smallest absolute Gasteiger partial charge is 0.323 e. The molecule has 1 atom stereocenters. The predicted molar refractivity (Wildman–Crippen MR) is 72.6 cm³/mol.